The fourth-order valence-electron chi connectivity index (χ4n) is 2.00. The molecule has 126 valence electrons. The summed E-state index contributed by atoms with van der Waals surface area (Å²) in [4.78, 5) is 35.4. The van der Waals surface area contributed by atoms with Crippen LogP contribution >= 0.6 is 31.9 Å². The summed E-state index contributed by atoms with van der Waals surface area (Å²) < 4.78 is 6.28. The Labute approximate surface area is 151 Å². The summed E-state index contributed by atoms with van der Waals surface area (Å²) in [6.07, 6.45) is -0.0100. The van der Waals surface area contributed by atoms with Crippen LogP contribution in [0.15, 0.2) is 27.1 Å². The zero-order valence-corrected chi connectivity index (χ0v) is 15.9. The van der Waals surface area contributed by atoms with E-state index >= 15 is 0 Å². The van der Waals surface area contributed by atoms with Crippen LogP contribution in [0, 0.1) is 5.92 Å². The first-order valence-electron chi connectivity index (χ1n) is 6.96. The molecule has 0 aromatic heterocycles. The summed E-state index contributed by atoms with van der Waals surface area (Å²) >= 11 is 6.59. The molecule has 0 fully saturated rings. The highest BCUT2D eigenvalue weighted by molar-refractivity contribution is 9.11. The predicted molar refractivity (Wildman–Crippen MR) is 92.7 cm³/mol. The second-order valence-electron chi connectivity index (χ2n) is 5.00. The van der Waals surface area contributed by atoms with Crippen LogP contribution in [0.5, 0.6) is 0 Å². The monoisotopic (exact) mass is 448 g/mol. The summed E-state index contributed by atoms with van der Waals surface area (Å²) in [6, 6.07) is 4.05. The lowest BCUT2D eigenvalue weighted by Gasteiger charge is -2.21. The van der Waals surface area contributed by atoms with Crippen molar-refractivity contribution in [3.63, 3.8) is 0 Å². The Morgan fingerprint density at radius 3 is 2.26 bits per heavy atom. The van der Waals surface area contributed by atoms with Crippen LogP contribution in [-0.2, 0) is 14.3 Å². The van der Waals surface area contributed by atoms with Gasteiger partial charge in [-0.2, -0.15) is 0 Å². The number of primary amides is 1. The molecule has 0 saturated heterocycles. The molecule has 2 amide bonds. The van der Waals surface area contributed by atoms with Crippen LogP contribution < -0.4 is 11.1 Å². The smallest absolute Gasteiger partial charge is 0.306 e. The largest absolute Gasteiger partial charge is 0.466 e. The van der Waals surface area contributed by atoms with E-state index in [1.54, 1.807) is 32.0 Å². The third-order valence-electron chi connectivity index (χ3n) is 3.08. The van der Waals surface area contributed by atoms with Crippen LogP contribution in [0.4, 0.5) is 0 Å². The van der Waals surface area contributed by atoms with Crippen molar-refractivity contribution in [1.29, 1.82) is 0 Å². The standard InChI is InChI=1S/C15H18Br2N2O4/c1-3-23-12(20)4-8(2)13(14(18)21)19-15(22)9-5-10(16)7-11(17)6-9/h5-8,13H,3-4H2,1-2H3,(H2,18,21)(H,19,22)/t8-,13-/m0/s1. The van der Waals surface area contributed by atoms with Gasteiger partial charge in [0.05, 0.1) is 13.0 Å². The quantitative estimate of drug-likeness (QED) is 0.624. The number of amides is 2. The molecule has 0 aliphatic heterocycles. The molecule has 0 radical (unpaired) electrons. The molecule has 3 N–H and O–H groups in total. The van der Waals surface area contributed by atoms with Gasteiger partial charge in [0.25, 0.3) is 5.91 Å². The van der Waals surface area contributed by atoms with E-state index in [1.807, 2.05) is 0 Å². The van der Waals surface area contributed by atoms with Crippen molar-refractivity contribution in [3.05, 3.63) is 32.7 Å². The third-order valence-corrected chi connectivity index (χ3v) is 4.00. The molecule has 1 aromatic rings. The average molecular weight is 450 g/mol. The fraction of sp³-hybridized carbons (Fsp3) is 0.400. The van der Waals surface area contributed by atoms with Gasteiger partial charge in [-0.15, -0.1) is 0 Å². The van der Waals surface area contributed by atoms with Crippen LogP contribution in [0.25, 0.3) is 0 Å². The van der Waals surface area contributed by atoms with E-state index < -0.39 is 29.7 Å². The maximum absolute atomic E-state index is 12.3. The molecule has 23 heavy (non-hydrogen) atoms. The van der Waals surface area contributed by atoms with Gasteiger partial charge >= 0.3 is 5.97 Å². The number of carbonyl (C=O) groups is 3. The fourth-order valence-corrected chi connectivity index (χ4v) is 3.30. The summed E-state index contributed by atoms with van der Waals surface area (Å²) in [5.41, 5.74) is 5.71. The zero-order valence-electron chi connectivity index (χ0n) is 12.8. The van der Waals surface area contributed by atoms with Crippen molar-refractivity contribution < 1.29 is 19.1 Å². The van der Waals surface area contributed by atoms with Gasteiger partial charge in [0.1, 0.15) is 6.04 Å². The number of benzene rings is 1. The number of halogens is 2. The molecule has 0 aliphatic carbocycles. The first kappa shape index (κ1) is 19.6. The molecule has 0 saturated carbocycles. The van der Waals surface area contributed by atoms with Crippen LogP contribution in [0.2, 0.25) is 0 Å². The van der Waals surface area contributed by atoms with Crippen LogP contribution in [-0.4, -0.2) is 30.4 Å². The second-order valence-corrected chi connectivity index (χ2v) is 6.83. The molecule has 0 aliphatic rings. The molecule has 0 bridgehead atoms. The Morgan fingerprint density at radius 1 is 1.22 bits per heavy atom. The normalized spacial score (nSPS) is 13.0. The van der Waals surface area contributed by atoms with E-state index in [2.05, 4.69) is 37.2 Å². The molecule has 0 unspecified atom stereocenters. The molecule has 0 heterocycles. The SMILES string of the molecule is CCOC(=O)C[C@H](C)[C@H](NC(=O)c1cc(Br)cc(Br)c1)C(N)=O. The summed E-state index contributed by atoms with van der Waals surface area (Å²) in [7, 11) is 0. The van der Waals surface area contributed by atoms with Crippen molar-refractivity contribution in [1.82, 2.24) is 5.32 Å². The van der Waals surface area contributed by atoms with E-state index in [0.717, 1.165) is 0 Å². The summed E-state index contributed by atoms with van der Waals surface area (Å²) in [6.45, 7) is 3.61. The molecule has 8 heteroatoms. The number of hydrogen-bond donors (Lipinski definition) is 2. The second kappa shape index (κ2) is 9.02. The lowest BCUT2D eigenvalue weighted by molar-refractivity contribution is -0.144. The van der Waals surface area contributed by atoms with Gasteiger partial charge < -0.3 is 15.8 Å². The lowest BCUT2D eigenvalue weighted by Crippen LogP contribution is -2.49. The first-order chi connectivity index (χ1) is 10.7. The number of hydrogen-bond acceptors (Lipinski definition) is 4. The highest BCUT2D eigenvalue weighted by Gasteiger charge is 2.27. The Kier molecular flexibility index (Phi) is 7.70. The predicted octanol–water partition coefficient (Wildman–Crippen LogP) is 2.38. The van der Waals surface area contributed by atoms with Gasteiger partial charge in [0.2, 0.25) is 5.91 Å². The van der Waals surface area contributed by atoms with Crippen LogP contribution in [0.3, 0.4) is 0 Å². The maximum Gasteiger partial charge on any atom is 0.306 e. The highest BCUT2D eigenvalue weighted by atomic mass is 79.9. The average Bonchev–Trinajstić information content (AvgIpc) is 2.42. The van der Waals surface area contributed by atoms with Crippen molar-refractivity contribution in [2.75, 3.05) is 6.61 Å². The van der Waals surface area contributed by atoms with Crippen molar-refractivity contribution >= 4 is 49.6 Å². The minimum Gasteiger partial charge on any atom is -0.466 e. The maximum atomic E-state index is 12.3. The third kappa shape index (κ3) is 6.31. The molecule has 1 rings (SSSR count). The highest BCUT2D eigenvalue weighted by Crippen LogP contribution is 2.20. The molecule has 1 aromatic carbocycles. The number of rotatable bonds is 7. The van der Waals surface area contributed by atoms with Crippen molar-refractivity contribution in [2.45, 2.75) is 26.3 Å². The van der Waals surface area contributed by atoms with Gasteiger partial charge in [-0.05, 0) is 31.0 Å². The van der Waals surface area contributed by atoms with Crippen molar-refractivity contribution in [2.24, 2.45) is 11.7 Å². The number of nitrogens with one attached hydrogen (secondary N) is 1. The molecule has 0 spiro atoms. The van der Waals surface area contributed by atoms with Gasteiger partial charge in [-0.25, -0.2) is 0 Å². The van der Waals surface area contributed by atoms with E-state index in [0.29, 0.717) is 14.5 Å². The molecular weight excluding hydrogens is 432 g/mol. The topological polar surface area (TPSA) is 98.5 Å². The zero-order chi connectivity index (χ0) is 17.6. The first-order valence-corrected chi connectivity index (χ1v) is 8.55. The van der Waals surface area contributed by atoms with E-state index in [9.17, 15) is 14.4 Å². The number of ether oxygens (including phenoxy) is 1. The van der Waals surface area contributed by atoms with Gasteiger partial charge in [-0.1, -0.05) is 38.8 Å². The summed E-state index contributed by atoms with van der Waals surface area (Å²) in [5, 5.41) is 2.57. The van der Waals surface area contributed by atoms with Gasteiger partial charge in [-0.3, -0.25) is 14.4 Å². The Balaban J connectivity index is 2.84. The number of nitrogens with two attached hydrogens (primary N) is 1. The Hall–Kier alpha value is -1.41. The van der Waals surface area contributed by atoms with E-state index in [-0.39, 0.29) is 13.0 Å². The minimum atomic E-state index is -0.968. The van der Waals surface area contributed by atoms with Crippen LogP contribution in [0.1, 0.15) is 30.6 Å². The van der Waals surface area contributed by atoms with E-state index in [4.69, 9.17) is 10.5 Å². The molecular formula is C15H18Br2N2O4. The Morgan fingerprint density at radius 2 is 1.78 bits per heavy atom. The van der Waals surface area contributed by atoms with Gasteiger partial charge in [0.15, 0.2) is 0 Å². The summed E-state index contributed by atoms with van der Waals surface area (Å²) in [5.74, 6) is -2.08. The number of carbonyl (C=O) groups excluding carboxylic acids is 3. The van der Waals surface area contributed by atoms with E-state index in [1.165, 1.54) is 0 Å². The lowest BCUT2D eigenvalue weighted by atomic mass is 9.97. The number of esters is 1. The molecule has 2 atom stereocenters. The van der Waals surface area contributed by atoms with Gasteiger partial charge in [0, 0.05) is 14.5 Å². The van der Waals surface area contributed by atoms with Crippen molar-refractivity contribution in [3.8, 4) is 0 Å². The minimum absolute atomic E-state index is 0.0100. The molecule has 6 nitrogen and oxygen atoms in total. The Bertz CT molecular complexity index is 587.